The topological polar surface area (TPSA) is 68.3 Å². The SMILES string of the molecule is CC[C@H](C)OC(=O)C1=C(C)NC2=C(C(=O)C[C@H](c3ccccc3)C2)[C@H]1c1ccccn1. The predicted octanol–water partition coefficient (Wildman–Crippen LogP) is 4.78. The number of nitrogens with zero attached hydrogens (tertiary/aromatic N) is 1. The second-order valence-corrected chi connectivity index (χ2v) is 8.31. The van der Waals surface area contributed by atoms with Crippen LogP contribution in [0.4, 0.5) is 0 Å². The molecule has 0 spiro atoms. The van der Waals surface area contributed by atoms with Crippen LogP contribution in [0.2, 0.25) is 0 Å². The Morgan fingerprint density at radius 3 is 2.58 bits per heavy atom. The van der Waals surface area contributed by atoms with E-state index in [-0.39, 0.29) is 23.8 Å². The first kappa shape index (κ1) is 21.0. The zero-order valence-electron chi connectivity index (χ0n) is 18.2. The smallest absolute Gasteiger partial charge is 0.337 e. The molecular formula is C26H28N2O3. The molecule has 0 saturated heterocycles. The Morgan fingerprint density at radius 2 is 1.90 bits per heavy atom. The number of hydrogen-bond donors (Lipinski definition) is 1. The van der Waals surface area contributed by atoms with Gasteiger partial charge in [0.25, 0.3) is 0 Å². The first-order valence-corrected chi connectivity index (χ1v) is 10.9. The fourth-order valence-electron chi connectivity index (χ4n) is 4.44. The van der Waals surface area contributed by atoms with Gasteiger partial charge in [-0.2, -0.15) is 0 Å². The van der Waals surface area contributed by atoms with Gasteiger partial charge in [-0.05, 0) is 50.3 Å². The van der Waals surface area contributed by atoms with Crippen LogP contribution in [-0.2, 0) is 14.3 Å². The molecule has 1 aliphatic heterocycles. The highest BCUT2D eigenvalue weighted by Gasteiger charge is 2.42. The van der Waals surface area contributed by atoms with Crippen LogP contribution < -0.4 is 5.32 Å². The van der Waals surface area contributed by atoms with E-state index in [0.717, 1.165) is 29.8 Å². The second-order valence-electron chi connectivity index (χ2n) is 8.31. The largest absolute Gasteiger partial charge is 0.459 e. The predicted molar refractivity (Wildman–Crippen MR) is 119 cm³/mol. The number of rotatable bonds is 5. The lowest BCUT2D eigenvalue weighted by atomic mass is 9.73. The summed E-state index contributed by atoms with van der Waals surface area (Å²) in [4.78, 5) is 31.1. The van der Waals surface area contributed by atoms with Gasteiger partial charge in [0, 0.05) is 29.6 Å². The zero-order chi connectivity index (χ0) is 22.0. The third-order valence-corrected chi connectivity index (χ3v) is 6.19. The van der Waals surface area contributed by atoms with Crippen molar-refractivity contribution in [2.75, 3.05) is 0 Å². The molecule has 1 N–H and O–H groups in total. The van der Waals surface area contributed by atoms with Gasteiger partial charge in [-0.3, -0.25) is 9.78 Å². The van der Waals surface area contributed by atoms with E-state index in [1.165, 1.54) is 0 Å². The summed E-state index contributed by atoms with van der Waals surface area (Å²) in [6, 6.07) is 15.7. The average Bonchev–Trinajstić information content (AvgIpc) is 2.79. The number of dihydropyridines is 1. The highest BCUT2D eigenvalue weighted by Crippen LogP contribution is 2.45. The van der Waals surface area contributed by atoms with Crippen LogP contribution >= 0.6 is 0 Å². The molecule has 0 bridgehead atoms. The molecule has 0 amide bonds. The summed E-state index contributed by atoms with van der Waals surface area (Å²) in [7, 11) is 0. The van der Waals surface area contributed by atoms with Crippen LogP contribution in [0.15, 0.2) is 77.3 Å². The van der Waals surface area contributed by atoms with Crippen molar-refractivity contribution >= 4 is 11.8 Å². The van der Waals surface area contributed by atoms with E-state index in [0.29, 0.717) is 23.3 Å². The highest BCUT2D eigenvalue weighted by molar-refractivity contribution is 6.04. The Kier molecular flexibility index (Phi) is 6.03. The molecule has 1 aromatic heterocycles. The standard InChI is InChI=1S/C26H28N2O3/c1-4-16(2)31-26(30)23-17(3)28-21-14-19(18-10-6-5-7-11-18)15-22(29)24(21)25(23)20-12-8-9-13-27-20/h5-13,16,19,25,28H,4,14-15H2,1-3H3/t16-,19+,25-/m0/s1. The molecule has 1 aliphatic carbocycles. The second kappa shape index (κ2) is 8.88. The van der Waals surface area contributed by atoms with Crippen molar-refractivity contribution in [3.05, 3.63) is 88.5 Å². The van der Waals surface area contributed by atoms with Crippen molar-refractivity contribution in [3.8, 4) is 0 Å². The molecular weight excluding hydrogens is 388 g/mol. The number of ether oxygens (including phenoxy) is 1. The molecule has 160 valence electrons. The summed E-state index contributed by atoms with van der Waals surface area (Å²) in [6.07, 6.45) is 3.37. The molecule has 3 atom stereocenters. The van der Waals surface area contributed by atoms with E-state index >= 15 is 0 Å². The Balaban J connectivity index is 1.76. The molecule has 0 saturated carbocycles. The van der Waals surface area contributed by atoms with E-state index in [9.17, 15) is 9.59 Å². The first-order chi connectivity index (χ1) is 15.0. The van der Waals surface area contributed by atoms with Crippen molar-refractivity contribution < 1.29 is 14.3 Å². The van der Waals surface area contributed by atoms with Gasteiger partial charge in [0.15, 0.2) is 5.78 Å². The number of nitrogens with one attached hydrogen (secondary N) is 1. The minimum absolute atomic E-state index is 0.0552. The van der Waals surface area contributed by atoms with Gasteiger partial charge in [0.05, 0.1) is 23.3 Å². The Morgan fingerprint density at radius 1 is 1.16 bits per heavy atom. The van der Waals surface area contributed by atoms with Crippen LogP contribution in [0.5, 0.6) is 0 Å². The molecule has 2 aromatic rings. The van der Waals surface area contributed by atoms with Gasteiger partial charge in [-0.25, -0.2) is 4.79 Å². The van der Waals surface area contributed by atoms with Crippen molar-refractivity contribution in [2.24, 2.45) is 0 Å². The van der Waals surface area contributed by atoms with Crippen LogP contribution in [0.1, 0.15) is 63.1 Å². The maximum atomic E-state index is 13.4. The molecule has 0 radical (unpaired) electrons. The van der Waals surface area contributed by atoms with Crippen molar-refractivity contribution in [1.82, 2.24) is 10.3 Å². The highest BCUT2D eigenvalue weighted by atomic mass is 16.5. The summed E-state index contributed by atoms with van der Waals surface area (Å²) in [5.74, 6) is -0.733. The number of esters is 1. The van der Waals surface area contributed by atoms with Crippen LogP contribution in [0.3, 0.4) is 0 Å². The maximum Gasteiger partial charge on any atom is 0.337 e. The number of ketones is 1. The number of carbonyl (C=O) groups excluding carboxylic acids is 2. The normalized spacial score (nSPS) is 22.0. The first-order valence-electron chi connectivity index (χ1n) is 10.9. The van der Waals surface area contributed by atoms with E-state index in [1.807, 2.05) is 57.2 Å². The fraction of sp³-hybridized carbons (Fsp3) is 0.346. The molecule has 0 fully saturated rings. The number of aromatic nitrogens is 1. The minimum Gasteiger partial charge on any atom is -0.459 e. The third kappa shape index (κ3) is 4.18. The third-order valence-electron chi connectivity index (χ3n) is 6.19. The van der Waals surface area contributed by atoms with Crippen molar-refractivity contribution in [1.29, 1.82) is 0 Å². The van der Waals surface area contributed by atoms with Gasteiger partial charge in [-0.1, -0.05) is 43.3 Å². The summed E-state index contributed by atoms with van der Waals surface area (Å²) in [5, 5.41) is 3.38. The monoisotopic (exact) mass is 416 g/mol. The Hall–Kier alpha value is -3.21. The quantitative estimate of drug-likeness (QED) is 0.710. The van der Waals surface area contributed by atoms with E-state index in [1.54, 1.807) is 6.20 Å². The molecule has 0 unspecified atom stereocenters. The number of allylic oxidation sites excluding steroid dienone is 3. The minimum atomic E-state index is -0.516. The van der Waals surface area contributed by atoms with Gasteiger partial charge < -0.3 is 10.1 Å². The summed E-state index contributed by atoms with van der Waals surface area (Å²) in [5.41, 5.74) is 4.58. The van der Waals surface area contributed by atoms with Crippen molar-refractivity contribution in [2.45, 2.75) is 58.0 Å². The average molecular weight is 417 g/mol. The van der Waals surface area contributed by atoms with Gasteiger partial charge in [-0.15, -0.1) is 0 Å². The number of carbonyl (C=O) groups is 2. The maximum absolute atomic E-state index is 13.4. The number of Topliss-reactive ketones (excluding diaryl/α,β-unsaturated/α-hetero) is 1. The van der Waals surface area contributed by atoms with Crippen LogP contribution in [-0.4, -0.2) is 22.8 Å². The van der Waals surface area contributed by atoms with Crippen LogP contribution in [0.25, 0.3) is 0 Å². The summed E-state index contributed by atoms with van der Waals surface area (Å²) < 4.78 is 5.67. The number of benzene rings is 1. The van der Waals surface area contributed by atoms with Crippen molar-refractivity contribution in [3.63, 3.8) is 0 Å². The van der Waals surface area contributed by atoms with Gasteiger partial charge in [0.2, 0.25) is 0 Å². The molecule has 5 heteroatoms. The van der Waals surface area contributed by atoms with E-state index < -0.39 is 5.92 Å². The molecule has 1 aromatic carbocycles. The van der Waals surface area contributed by atoms with E-state index in [4.69, 9.17) is 4.74 Å². The number of pyridine rings is 1. The van der Waals surface area contributed by atoms with Gasteiger partial charge >= 0.3 is 5.97 Å². The zero-order valence-corrected chi connectivity index (χ0v) is 18.2. The Bertz CT molecular complexity index is 1040. The van der Waals surface area contributed by atoms with E-state index in [2.05, 4.69) is 22.4 Å². The number of hydrogen-bond acceptors (Lipinski definition) is 5. The molecule has 2 heterocycles. The molecule has 4 rings (SSSR count). The lowest BCUT2D eigenvalue weighted by Crippen LogP contribution is -2.36. The van der Waals surface area contributed by atoms with Crippen LogP contribution in [0, 0.1) is 0 Å². The molecule has 5 nitrogen and oxygen atoms in total. The fourth-order valence-corrected chi connectivity index (χ4v) is 4.44. The lowest BCUT2D eigenvalue weighted by molar-refractivity contribution is -0.144. The van der Waals surface area contributed by atoms with Gasteiger partial charge in [0.1, 0.15) is 0 Å². The Labute approximate surface area is 183 Å². The molecule has 31 heavy (non-hydrogen) atoms. The molecule has 2 aliphatic rings. The summed E-state index contributed by atoms with van der Waals surface area (Å²) in [6.45, 7) is 5.73. The summed E-state index contributed by atoms with van der Waals surface area (Å²) >= 11 is 0. The lowest BCUT2D eigenvalue weighted by Gasteiger charge is -2.36.